The minimum Gasteiger partial charge on any atom is -0.494 e. The molecule has 16 heavy (non-hydrogen) atoms. The van der Waals surface area contributed by atoms with Gasteiger partial charge in [-0.25, -0.2) is 0 Å². The summed E-state index contributed by atoms with van der Waals surface area (Å²) in [6.45, 7) is 10.7. The van der Waals surface area contributed by atoms with Crippen molar-refractivity contribution in [2.75, 3.05) is 13.2 Å². The standard InChI is InChI=1S/C14H21NO/c1-4-10-15-11-13-6-8-14(9-7-13)12(3)16-5-2/h6-9,15H,3-5,10-11H2,1-2H3. The second-order valence-corrected chi connectivity index (χ2v) is 3.73. The molecule has 0 heterocycles. The van der Waals surface area contributed by atoms with E-state index in [1.165, 1.54) is 12.0 Å². The Bertz CT molecular complexity index is 316. The van der Waals surface area contributed by atoms with Crippen LogP contribution < -0.4 is 5.32 Å². The highest BCUT2D eigenvalue weighted by Crippen LogP contribution is 2.14. The molecule has 0 aliphatic rings. The summed E-state index contributed by atoms with van der Waals surface area (Å²) in [5.41, 5.74) is 2.35. The molecule has 0 aliphatic heterocycles. The maximum atomic E-state index is 5.36. The molecule has 2 nitrogen and oxygen atoms in total. The van der Waals surface area contributed by atoms with Crippen LogP contribution in [0.1, 0.15) is 31.4 Å². The molecular weight excluding hydrogens is 198 g/mol. The third kappa shape index (κ3) is 4.07. The fourth-order valence-electron chi connectivity index (χ4n) is 1.48. The first-order chi connectivity index (χ1) is 7.77. The largest absolute Gasteiger partial charge is 0.494 e. The summed E-state index contributed by atoms with van der Waals surface area (Å²) in [6.07, 6.45) is 1.17. The maximum absolute atomic E-state index is 5.36. The zero-order chi connectivity index (χ0) is 11.8. The third-order valence-electron chi connectivity index (χ3n) is 2.35. The van der Waals surface area contributed by atoms with Crippen molar-refractivity contribution in [2.45, 2.75) is 26.8 Å². The van der Waals surface area contributed by atoms with Crippen molar-refractivity contribution in [3.05, 3.63) is 42.0 Å². The summed E-state index contributed by atoms with van der Waals surface area (Å²) in [5, 5.41) is 3.37. The Morgan fingerprint density at radius 1 is 1.25 bits per heavy atom. The quantitative estimate of drug-likeness (QED) is 0.561. The zero-order valence-corrected chi connectivity index (χ0v) is 10.3. The van der Waals surface area contributed by atoms with Crippen LogP contribution in [0.4, 0.5) is 0 Å². The highest BCUT2D eigenvalue weighted by molar-refractivity contribution is 5.57. The normalized spacial score (nSPS) is 10.1. The highest BCUT2D eigenvalue weighted by atomic mass is 16.5. The Morgan fingerprint density at radius 2 is 1.94 bits per heavy atom. The summed E-state index contributed by atoms with van der Waals surface area (Å²) in [7, 11) is 0. The van der Waals surface area contributed by atoms with Gasteiger partial charge in [-0.1, -0.05) is 37.8 Å². The minimum atomic E-state index is 0.665. The van der Waals surface area contributed by atoms with Gasteiger partial charge in [-0.3, -0.25) is 0 Å². The van der Waals surface area contributed by atoms with E-state index in [4.69, 9.17) is 4.74 Å². The van der Waals surface area contributed by atoms with Gasteiger partial charge in [0.2, 0.25) is 0 Å². The van der Waals surface area contributed by atoms with E-state index in [2.05, 4.69) is 43.1 Å². The van der Waals surface area contributed by atoms with Crippen molar-refractivity contribution >= 4 is 5.76 Å². The van der Waals surface area contributed by atoms with Crippen LogP contribution in [0, 0.1) is 0 Å². The van der Waals surface area contributed by atoms with E-state index in [1.807, 2.05) is 6.92 Å². The molecule has 0 bridgehead atoms. The van der Waals surface area contributed by atoms with Gasteiger partial charge in [-0.2, -0.15) is 0 Å². The molecule has 0 unspecified atom stereocenters. The highest BCUT2D eigenvalue weighted by Gasteiger charge is 1.99. The van der Waals surface area contributed by atoms with Crippen LogP contribution in [0.2, 0.25) is 0 Å². The Balaban J connectivity index is 2.50. The fraction of sp³-hybridized carbons (Fsp3) is 0.429. The Labute approximate surface area is 98.3 Å². The molecule has 0 spiro atoms. The average molecular weight is 219 g/mol. The lowest BCUT2D eigenvalue weighted by Gasteiger charge is -2.08. The second kappa shape index (κ2) is 7.07. The molecule has 1 N–H and O–H groups in total. The molecule has 0 amide bonds. The molecule has 0 aliphatic carbocycles. The van der Waals surface area contributed by atoms with Gasteiger partial charge in [0.25, 0.3) is 0 Å². The number of rotatable bonds is 7. The van der Waals surface area contributed by atoms with Gasteiger partial charge in [-0.15, -0.1) is 0 Å². The predicted molar refractivity (Wildman–Crippen MR) is 69.1 cm³/mol. The average Bonchev–Trinajstić information content (AvgIpc) is 2.30. The molecule has 0 radical (unpaired) electrons. The van der Waals surface area contributed by atoms with Crippen LogP contribution in [0.15, 0.2) is 30.8 Å². The van der Waals surface area contributed by atoms with Crippen molar-refractivity contribution < 1.29 is 4.74 Å². The predicted octanol–water partition coefficient (Wildman–Crippen LogP) is 3.19. The van der Waals surface area contributed by atoms with E-state index in [1.54, 1.807) is 0 Å². The van der Waals surface area contributed by atoms with Crippen LogP contribution in [-0.4, -0.2) is 13.2 Å². The van der Waals surface area contributed by atoms with Crippen molar-refractivity contribution in [2.24, 2.45) is 0 Å². The van der Waals surface area contributed by atoms with E-state index in [-0.39, 0.29) is 0 Å². The smallest absolute Gasteiger partial charge is 0.119 e. The third-order valence-corrected chi connectivity index (χ3v) is 2.35. The van der Waals surface area contributed by atoms with Crippen LogP contribution in [-0.2, 0) is 11.3 Å². The SMILES string of the molecule is C=C(OCC)c1ccc(CNCCC)cc1. The molecule has 0 aromatic heterocycles. The van der Waals surface area contributed by atoms with E-state index < -0.39 is 0 Å². The molecule has 1 aromatic carbocycles. The Kier molecular flexibility index (Phi) is 5.65. The number of hydrogen-bond donors (Lipinski definition) is 1. The molecule has 1 rings (SSSR count). The van der Waals surface area contributed by atoms with E-state index in [0.29, 0.717) is 6.61 Å². The number of nitrogens with one attached hydrogen (secondary N) is 1. The second-order valence-electron chi connectivity index (χ2n) is 3.73. The van der Waals surface area contributed by atoms with Gasteiger partial charge in [0, 0.05) is 12.1 Å². The van der Waals surface area contributed by atoms with Gasteiger partial charge in [-0.05, 0) is 25.5 Å². The summed E-state index contributed by atoms with van der Waals surface area (Å²) in [6, 6.07) is 8.34. The number of hydrogen-bond acceptors (Lipinski definition) is 2. The number of benzene rings is 1. The van der Waals surface area contributed by atoms with Gasteiger partial charge in [0.1, 0.15) is 5.76 Å². The van der Waals surface area contributed by atoms with Crippen molar-refractivity contribution in [1.29, 1.82) is 0 Å². The van der Waals surface area contributed by atoms with E-state index in [0.717, 1.165) is 24.4 Å². The van der Waals surface area contributed by atoms with Crippen molar-refractivity contribution in [3.8, 4) is 0 Å². The number of ether oxygens (including phenoxy) is 1. The van der Waals surface area contributed by atoms with E-state index >= 15 is 0 Å². The van der Waals surface area contributed by atoms with Crippen LogP contribution in [0.5, 0.6) is 0 Å². The van der Waals surface area contributed by atoms with Crippen molar-refractivity contribution in [3.63, 3.8) is 0 Å². The molecule has 0 saturated heterocycles. The fourth-order valence-corrected chi connectivity index (χ4v) is 1.48. The van der Waals surface area contributed by atoms with Gasteiger partial charge < -0.3 is 10.1 Å². The first-order valence-corrected chi connectivity index (χ1v) is 5.89. The molecule has 88 valence electrons. The first-order valence-electron chi connectivity index (χ1n) is 5.89. The summed E-state index contributed by atoms with van der Waals surface area (Å²) >= 11 is 0. The van der Waals surface area contributed by atoms with Crippen LogP contribution >= 0.6 is 0 Å². The van der Waals surface area contributed by atoms with Crippen LogP contribution in [0.25, 0.3) is 5.76 Å². The zero-order valence-electron chi connectivity index (χ0n) is 10.3. The molecule has 0 atom stereocenters. The summed E-state index contributed by atoms with van der Waals surface area (Å²) in [5.74, 6) is 0.746. The first kappa shape index (κ1) is 12.8. The maximum Gasteiger partial charge on any atom is 0.119 e. The van der Waals surface area contributed by atoms with Gasteiger partial charge in [0.05, 0.1) is 6.61 Å². The van der Waals surface area contributed by atoms with Gasteiger partial charge in [0.15, 0.2) is 0 Å². The topological polar surface area (TPSA) is 21.3 Å². The Morgan fingerprint density at radius 3 is 2.50 bits per heavy atom. The molecule has 0 saturated carbocycles. The molecule has 2 heteroatoms. The lowest BCUT2D eigenvalue weighted by molar-refractivity contribution is 0.299. The lowest BCUT2D eigenvalue weighted by atomic mass is 10.1. The van der Waals surface area contributed by atoms with Crippen molar-refractivity contribution in [1.82, 2.24) is 5.32 Å². The minimum absolute atomic E-state index is 0.665. The molecule has 1 aromatic rings. The molecule has 0 fully saturated rings. The monoisotopic (exact) mass is 219 g/mol. The van der Waals surface area contributed by atoms with Gasteiger partial charge >= 0.3 is 0 Å². The summed E-state index contributed by atoms with van der Waals surface area (Å²) < 4.78 is 5.36. The Hall–Kier alpha value is -1.28. The van der Waals surface area contributed by atoms with Crippen LogP contribution in [0.3, 0.4) is 0 Å². The van der Waals surface area contributed by atoms with E-state index in [9.17, 15) is 0 Å². The summed E-state index contributed by atoms with van der Waals surface area (Å²) in [4.78, 5) is 0. The lowest BCUT2D eigenvalue weighted by Crippen LogP contribution is -2.13. The molecular formula is C14H21NO.